The van der Waals surface area contributed by atoms with Crippen molar-refractivity contribution in [2.24, 2.45) is 0 Å². The molecule has 106 valence electrons. The summed E-state index contributed by atoms with van der Waals surface area (Å²) in [6.07, 6.45) is 2.24. The van der Waals surface area contributed by atoms with Gasteiger partial charge in [-0.1, -0.05) is 50.6 Å². The van der Waals surface area contributed by atoms with Gasteiger partial charge in [-0.05, 0) is 32.0 Å². The Bertz CT molecular complexity index is 391. The van der Waals surface area contributed by atoms with Crippen LogP contribution >= 0.6 is 0 Å². The molecular formula is C16H25NO2. The molecular weight excluding hydrogens is 238 g/mol. The summed E-state index contributed by atoms with van der Waals surface area (Å²) < 4.78 is 0. The van der Waals surface area contributed by atoms with Crippen LogP contribution in [0.3, 0.4) is 0 Å². The summed E-state index contributed by atoms with van der Waals surface area (Å²) in [7, 11) is 0. The molecule has 0 radical (unpaired) electrons. The van der Waals surface area contributed by atoms with E-state index in [-0.39, 0.29) is 0 Å². The van der Waals surface area contributed by atoms with Crippen LogP contribution in [-0.2, 0) is 10.2 Å². The first-order valence-corrected chi connectivity index (χ1v) is 7.05. The van der Waals surface area contributed by atoms with Crippen LogP contribution < -0.4 is 0 Å². The van der Waals surface area contributed by atoms with E-state index >= 15 is 0 Å². The quantitative estimate of drug-likeness (QED) is 0.783. The molecule has 0 aliphatic carbocycles. The standard InChI is InChI=1S/C16H25NO2/c1-4-6-12-17(5-2)13-16(3,15(18)19)14-10-8-7-9-11-14/h7-11H,4-6,12-13H2,1-3H3,(H,18,19). The Balaban J connectivity index is 2.91. The molecule has 3 nitrogen and oxygen atoms in total. The maximum atomic E-state index is 11.7. The smallest absolute Gasteiger partial charge is 0.315 e. The van der Waals surface area contributed by atoms with Crippen LogP contribution in [-0.4, -0.2) is 35.6 Å². The molecule has 0 amide bonds. The van der Waals surface area contributed by atoms with Crippen LogP contribution in [0.5, 0.6) is 0 Å². The minimum absolute atomic E-state index is 0.558. The molecule has 0 saturated heterocycles. The van der Waals surface area contributed by atoms with Crippen molar-refractivity contribution in [3.8, 4) is 0 Å². The van der Waals surface area contributed by atoms with Gasteiger partial charge in [0.15, 0.2) is 0 Å². The molecule has 0 aliphatic heterocycles. The second kappa shape index (κ2) is 7.29. The Morgan fingerprint density at radius 3 is 2.37 bits per heavy atom. The monoisotopic (exact) mass is 263 g/mol. The molecule has 3 heteroatoms. The number of aliphatic carboxylic acids is 1. The summed E-state index contributed by atoms with van der Waals surface area (Å²) >= 11 is 0. The fraction of sp³-hybridized carbons (Fsp3) is 0.562. The first kappa shape index (κ1) is 15.7. The number of rotatable bonds is 8. The number of hydrogen-bond acceptors (Lipinski definition) is 2. The molecule has 0 bridgehead atoms. The summed E-state index contributed by atoms with van der Waals surface area (Å²) in [5, 5.41) is 9.63. The Hall–Kier alpha value is -1.35. The highest BCUT2D eigenvalue weighted by Gasteiger charge is 2.36. The molecule has 1 N–H and O–H groups in total. The second-order valence-electron chi connectivity index (χ2n) is 5.23. The maximum absolute atomic E-state index is 11.7. The van der Waals surface area contributed by atoms with E-state index in [1.54, 1.807) is 0 Å². The normalized spacial score (nSPS) is 14.3. The number of unbranched alkanes of at least 4 members (excludes halogenated alkanes) is 1. The highest BCUT2D eigenvalue weighted by atomic mass is 16.4. The van der Waals surface area contributed by atoms with Gasteiger partial charge in [-0.25, -0.2) is 0 Å². The summed E-state index contributed by atoms with van der Waals surface area (Å²) in [6.45, 7) is 8.46. The number of carboxylic acids is 1. The van der Waals surface area contributed by atoms with Crippen molar-refractivity contribution in [3.05, 3.63) is 35.9 Å². The third-order valence-electron chi connectivity index (χ3n) is 3.70. The lowest BCUT2D eigenvalue weighted by atomic mass is 9.82. The van der Waals surface area contributed by atoms with E-state index < -0.39 is 11.4 Å². The average Bonchev–Trinajstić information content (AvgIpc) is 2.43. The lowest BCUT2D eigenvalue weighted by molar-refractivity contribution is -0.144. The predicted molar refractivity (Wildman–Crippen MR) is 78.5 cm³/mol. The number of likely N-dealkylation sites (N-methyl/N-ethyl adjacent to an activating group) is 1. The molecule has 0 aliphatic rings. The Kier molecular flexibility index (Phi) is 6.03. The van der Waals surface area contributed by atoms with Crippen LogP contribution in [0.15, 0.2) is 30.3 Å². The summed E-state index contributed by atoms with van der Waals surface area (Å²) in [5.41, 5.74) is 0.0304. The van der Waals surface area contributed by atoms with Crippen LogP contribution in [0.2, 0.25) is 0 Å². The van der Waals surface area contributed by atoms with Crippen LogP contribution in [0.25, 0.3) is 0 Å². The van der Waals surface area contributed by atoms with Crippen molar-refractivity contribution in [2.75, 3.05) is 19.6 Å². The summed E-state index contributed by atoms with van der Waals surface area (Å²) in [5.74, 6) is -0.756. The van der Waals surface area contributed by atoms with Crippen molar-refractivity contribution in [2.45, 2.75) is 39.0 Å². The van der Waals surface area contributed by atoms with Crippen LogP contribution in [0, 0.1) is 0 Å². The zero-order valence-corrected chi connectivity index (χ0v) is 12.2. The molecule has 1 unspecified atom stereocenters. The second-order valence-corrected chi connectivity index (χ2v) is 5.23. The Labute approximate surface area is 116 Å². The van der Waals surface area contributed by atoms with Crippen molar-refractivity contribution >= 4 is 5.97 Å². The van der Waals surface area contributed by atoms with E-state index in [0.29, 0.717) is 6.54 Å². The van der Waals surface area contributed by atoms with Crippen molar-refractivity contribution < 1.29 is 9.90 Å². The van der Waals surface area contributed by atoms with Gasteiger partial charge in [0.25, 0.3) is 0 Å². The Morgan fingerprint density at radius 2 is 1.89 bits per heavy atom. The Morgan fingerprint density at radius 1 is 1.26 bits per heavy atom. The topological polar surface area (TPSA) is 40.5 Å². The third kappa shape index (κ3) is 4.06. The zero-order valence-electron chi connectivity index (χ0n) is 12.2. The fourth-order valence-electron chi connectivity index (χ4n) is 2.27. The van der Waals surface area contributed by atoms with E-state index in [2.05, 4.69) is 18.7 Å². The molecule has 0 heterocycles. The minimum Gasteiger partial charge on any atom is -0.481 e. The minimum atomic E-state index is -0.842. The number of nitrogens with zero attached hydrogens (tertiary/aromatic N) is 1. The molecule has 0 spiro atoms. The van der Waals surface area contributed by atoms with Gasteiger partial charge in [0.1, 0.15) is 5.41 Å². The predicted octanol–water partition coefficient (Wildman–Crippen LogP) is 3.15. The highest BCUT2D eigenvalue weighted by molar-refractivity contribution is 5.81. The van der Waals surface area contributed by atoms with Crippen LogP contribution in [0.1, 0.15) is 39.2 Å². The van der Waals surface area contributed by atoms with Gasteiger partial charge in [-0.2, -0.15) is 0 Å². The first-order valence-electron chi connectivity index (χ1n) is 7.05. The van der Waals surface area contributed by atoms with E-state index in [0.717, 1.165) is 31.5 Å². The average molecular weight is 263 g/mol. The van der Waals surface area contributed by atoms with E-state index in [4.69, 9.17) is 0 Å². The maximum Gasteiger partial charge on any atom is 0.315 e. The highest BCUT2D eigenvalue weighted by Crippen LogP contribution is 2.25. The molecule has 1 atom stereocenters. The van der Waals surface area contributed by atoms with Gasteiger partial charge in [0, 0.05) is 6.54 Å². The molecule has 1 rings (SSSR count). The number of hydrogen-bond donors (Lipinski definition) is 1. The molecule has 1 aromatic carbocycles. The van der Waals surface area contributed by atoms with Crippen molar-refractivity contribution in [3.63, 3.8) is 0 Å². The first-order chi connectivity index (χ1) is 9.04. The summed E-state index contributed by atoms with van der Waals surface area (Å²) in [4.78, 5) is 13.9. The molecule has 1 aromatic rings. The lowest BCUT2D eigenvalue weighted by Gasteiger charge is -2.32. The van der Waals surface area contributed by atoms with Crippen molar-refractivity contribution in [1.82, 2.24) is 4.90 Å². The number of benzene rings is 1. The van der Waals surface area contributed by atoms with E-state index in [1.165, 1.54) is 0 Å². The lowest BCUT2D eigenvalue weighted by Crippen LogP contribution is -2.44. The molecule has 0 aromatic heterocycles. The van der Waals surface area contributed by atoms with Crippen LogP contribution in [0.4, 0.5) is 0 Å². The van der Waals surface area contributed by atoms with Gasteiger partial charge in [-0.3, -0.25) is 4.79 Å². The zero-order chi connectivity index (χ0) is 14.3. The van der Waals surface area contributed by atoms with Gasteiger partial charge in [0.2, 0.25) is 0 Å². The molecule has 0 fully saturated rings. The molecule has 0 saturated carbocycles. The van der Waals surface area contributed by atoms with E-state index in [1.807, 2.05) is 37.3 Å². The van der Waals surface area contributed by atoms with Gasteiger partial charge in [-0.15, -0.1) is 0 Å². The number of carbonyl (C=O) groups is 1. The number of carboxylic acid groups (broad SMARTS) is 1. The third-order valence-corrected chi connectivity index (χ3v) is 3.70. The van der Waals surface area contributed by atoms with Gasteiger partial charge >= 0.3 is 5.97 Å². The van der Waals surface area contributed by atoms with Gasteiger partial charge < -0.3 is 10.0 Å². The summed E-state index contributed by atoms with van der Waals surface area (Å²) in [6, 6.07) is 9.53. The SMILES string of the molecule is CCCCN(CC)CC(C)(C(=O)O)c1ccccc1. The van der Waals surface area contributed by atoms with Gasteiger partial charge in [0.05, 0.1) is 0 Å². The molecule has 19 heavy (non-hydrogen) atoms. The van der Waals surface area contributed by atoms with Crippen molar-refractivity contribution in [1.29, 1.82) is 0 Å². The van der Waals surface area contributed by atoms with E-state index in [9.17, 15) is 9.90 Å². The largest absolute Gasteiger partial charge is 0.481 e. The fourth-order valence-corrected chi connectivity index (χ4v) is 2.27.